The molecule has 1 aromatic carbocycles. The highest BCUT2D eigenvalue weighted by molar-refractivity contribution is 7.13. The van der Waals surface area contributed by atoms with Gasteiger partial charge in [-0.3, -0.25) is 4.79 Å². The lowest BCUT2D eigenvalue weighted by Gasteiger charge is -2.47. The molecule has 0 saturated heterocycles. The second-order valence-electron chi connectivity index (χ2n) is 9.62. The number of nitrogens with zero attached hydrogens (tertiary/aromatic N) is 2. The van der Waals surface area contributed by atoms with Crippen molar-refractivity contribution in [3.8, 4) is 16.5 Å². The molecule has 0 unspecified atom stereocenters. The molecule has 7 nitrogen and oxygen atoms in total. The van der Waals surface area contributed by atoms with Crippen LogP contribution in [0.3, 0.4) is 0 Å². The van der Waals surface area contributed by atoms with Crippen LogP contribution in [0, 0.1) is 11.6 Å². The predicted molar refractivity (Wildman–Crippen MR) is 132 cm³/mol. The largest absolute Gasteiger partial charge is 0.471 e. The van der Waals surface area contributed by atoms with Crippen molar-refractivity contribution < 1.29 is 23.4 Å². The Balaban J connectivity index is 1.34. The van der Waals surface area contributed by atoms with E-state index in [4.69, 9.17) is 4.74 Å². The van der Waals surface area contributed by atoms with E-state index in [0.29, 0.717) is 11.4 Å². The highest BCUT2D eigenvalue weighted by Crippen LogP contribution is 2.48. The van der Waals surface area contributed by atoms with E-state index in [1.54, 1.807) is 12.4 Å². The summed E-state index contributed by atoms with van der Waals surface area (Å²) >= 11 is 1.53. The molecule has 190 valence electrons. The minimum absolute atomic E-state index is 0.0845. The molecular formula is C26H28F2N4O3S. The van der Waals surface area contributed by atoms with E-state index in [2.05, 4.69) is 20.6 Å². The number of amides is 1. The average Bonchev–Trinajstić information content (AvgIpc) is 3.34. The van der Waals surface area contributed by atoms with Crippen molar-refractivity contribution >= 4 is 17.2 Å². The Morgan fingerprint density at radius 2 is 2.03 bits per heavy atom. The molecule has 10 heteroatoms. The first kappa shape index (κ1) is 24.7. The van der Waals surface area contributed by atoms with Crippen LogP contribution in [0.15, 0.2) is 42.0 Å². The maximum absolute atomic E-state index is 13.7. The van der Waals surface area contributed by atoms with Crippen molar-refractivity contribution in [2.24, 2.45) is 0 Å². The van der Waals surface area contributed by atoms with Crippen molar-refractivity contribution in [3.63, 3.8) is 0 Å². The van der Waals surface area contributed by atoms with Gasteiger partial charge < -0.3 is 20.5 Å². The van der Waals surface area contributed by atoms with E-state index in [0.717, 1.165) is 47.9 Å². The maximum Gasteiger partial charge on any atom is 0.218 e. The number of hydrogen-bond acceptors (Lipinski definition) is 7. The number of pyridine rings is 1. The normalized spacial score (nSPS) is 19.6. The summed E-state index contributed by atoms with van der Waals surface area (Å²) < 4.78 is 33.7. The fraction of sp³-hybridized carbons (Fsp3) is 0.423. The van der Waals surface area contributed by atoms with Gasteiger partial charge in [0.05, 0.1) is 12.1 Å². The molecule has 1 aliphatic heterocycles. The average molecular weight is 515 g/mol. The number of carbonyl (C=O) groups excluding carboxylic acids is 1. The number of aliphatic hydroxyl groups is 1. The lowest BCUT2D eigenvalue weighted by molar-refractivity contribution is -0.120. The lowest BCUT2D eigenvalue weighted by atomic mass is 9.73. The Kier molecular flexibility index (Phi) is 7.00. The molecule has 3 aromatic rings. The second kappa shape index (κ2) is 10.2. The number of benzene rings is 1. The Hall–Kier alpha value is -2.95. The van der Waals surface area contributed by atoms with Crippen molar-refractivity contribution in [1.82, 2.24) is 20.6 Å². The van der Waals surface area contributed by atoms with Gasteiger partial charge in [0.25, 0.3) is 0 Å². The van der Waals surface area contributed by atoms with Crippen molar-refractivity contribution in [1.29, 1.82) is 0 Å². The second-order valence-corrected chi connectivity index (χ2v) is 10.5. The van der Waals surface area contributed by atoms with Gasteiger partial charge in [0.1, 0.15) is 22.2 Å². The molecular weight excluding hydrogens is 486 g/mol. The van der Waals surface area contributed by atoms with E-state index in [1.165, 1.54) is 30.4 Å². The number of nitrogens with one attached hydrogen (secondary N) is 2. The number of fused-ring (bicyclic) bond motifs is 1. The van der Waals surface area contributed by atoms with Gasteiger partial charge in [-0.25, -0.2) is 18.7 Å². The molecule has 1 spiro atoms. The van der Waals surface area contributed by atoms with Crippen LogP contribution < -0.4 is 15.4 Å². The summed E-state index contributed by atoms with van der Waals surface area (Å²) in [5, 5.41) is 20.0. The Labute approximate surface area is 211 Å². The predicted octanol–water partition coefficient (Wildman–Crippen LogP) is 3.93. The zero-order valence-corrected chi connectivity index (χ0v) is 20.7. The van der Waals surface area contributed by atoms with Crippen LogP contribution in [0.2, 0.25) is 0 Å². The smallest absolute Gasteiger partial charge is 0.218 e. The molecule has 5 rings (SSSR count). The SMILES string of the molecule is CC(=O)N[C@@H](Cc1cc(F)cc(F)c1)[C@@H](O)CN[C@H]1CC2(CCC2)Oc2ncc(-c3nccs3)cc21. The third-order valence-electron chi connectivity index (χ3n) is 6.89. The number of aromatic nitrogens is 2. The maximum atomic E-state index is 13.7. The molecule has 36 heavy (non-hydrogen) atoms. The minimum Gasteiger partial charge on any atom is -0.471 e. The van der Waals surface area contributed by atoms with E-state index in [-0.39, 0.29) is 30.5 Å². The van der Waals surface area contributed by atoms with Crippen LogP contribution in [0.1, 0.15) is 49.8 Å². The van der Waals surface area contributed by atoms with Gasteiger partial charge in [-0.1, -0.05) is 0 Å². The minimum atomic E-state index is -1.00. The summed E-state index contributed by atoms with van der Waals surface area (Å²) in [5.41, 5.74) is 1.89. The third kappa shape index (κ3) is 5.40. The van der Waals surface area contributed by atoms with E-state index < -0.39 is 23.8 Å². The molecule has 1 saturated carbocycles. The number of ether oxygens (including phenoxy) is 1. The monoisotopic (exact) mass is 514 g/mol. The molecule has 1 aliphatic carbocycles. The summed E-state index contributed by atoms with van der Waals surface area (Å²) in [6.45, 7) is 1.50. The first-order valence-electron chi connectivity index (χ1n) is 12.0. The molecule has 0 radical (unpaired) electrons. The molecule has 2 aromatic heterocycles. The standard InChI is InChI=1S/C26H28F2N4O3S/c1-15(33)32-21(9-16-7-18(27)11-19(28)8-16)23(34)14-30-22-12-26(3-2-4-26)35-24-20(22)10-17(13-31-24)25-29-5-6-36-25/h5-8,10-11,13,21-23,30,34H,2-4,9,12,14H2,1H3,(H,32,33)/t21-,22-,23-/m0/s1. The number of hydrogen-bond donors (Lipinski definition) is 3. The van der Waals surface area contributed by atoms with Gasteiger partial charge in [-0.15, -0.1) is 11.3 Å². The highest BCUT2D eigenvalue weighted by atomic mass is 32.1. The summed E-state index contributed by atoms with van der Waals surface area (Å²) in [5.74, 6) is -1.15. The van der Waals surface area contributed by atoms with Crippen LogP contribution in [0.4, 0.5) is 8.78 Å². The quantitative estimate of drug-likeness (QED) is 0.422. The Morgan fingerprint density at radius 3 is 2.67 bits per heavy atom. The number of rotatable bonds is 8. The van der Waals surface area contributed by atoms with Gasteiger partial charge in [0.15, 0.2) is 0 Å². The van der Waals surface area contributed by atoms with Crippen LogP contribution in [0.25, 0.3) is 10.6 Å². The van der Waals surface area contributed by atoms with Gasteiger partial charge in [-0.05, 0) is 49.4 Å². The van der Waals surface area contributed by atoms with Crippen molar-refractivity contribution in [2.45, 2.75) is 62.8 Å². The lowest BCUT2D eigenvalue weighted by Crippen LogP contribution is -2.52. The van der Waals surface area contributed by atoms with E-state index >= 15 is 0 Å². The summed E-state index contributed by atoms with van der Waals surface area (Å²) in [6, 6.07) is 4.38. The topological polar surface area (TPSA) is 96.4 Å². The fourth-order valence-corrected chi connectivity index (χ4v) is 5.63. The van der Waals surface area contributed by atoms with E-state index in [1.807, 2.05) is 11.4 Å². The van der Waals surface area contributed by atoms with Crippen molar-refractivity contribution in [2.75, 3.05) is 6.54 Å². The molecule has 2 aliphatic rings. The molecule has 3 atom stereocenters. The molecule has 1 amide bonds. The zero-order chi connectivity index (χ0) is 25.3. The highest BCUT2D eigenvalue weighted by Gasteiger charge is 2.46. The number of carbonyl (C=O) groups is 1. The van der Waals surface area contributed by atoms with Gasteiger partial charge in [0, 0.05) is 60.9 Å². The van der Waals surface area contributed by atoms with Gasteiger partial charge in [-0.2, -0.15) is 0 Å². The number of thiazole rings is 1. The zero-order valence-electron chi connectivity index (χ0n) is 19.8. The molecule has 3 N–H and O–H groups in total. The Bertz CT molecular complexity index is 1220. The number of aliphatic hydroxyl groups excluding tert-OH is 1. The Morgan fingerprint density at radius 1 is 1.25 bits per heavy atom. The van der Waals surface area contributed by atoms with Crippen LogP contribution >= 0.6 is 11.3 Å². The summed E-state index contributed by atoms with van der Waals surface area (Å²) in [4.78, 5) is 20.8. The molecule has 0 bridgehead atoms. The number of halogens is 2. The molecule has 3 heterocycles. The van der Waals surface area contributed by atoms with Crippen molar-refractivity contribution in [3.05, 3.63) is 64.8 Å². The molecule has 1 fully saturated rings. The van der Waals surface area contributed by atoms with E-state index in [9.17, 15) is 18.7 Å². The van der Waals surface area contributed by atoms with Gasteiger partial charge in [0.2, 0.25) is 11.8 Å². The van der Waals surface area contributed by atoms with Crippen LogP contribution in [-0.4, -0.2) is 45.3 Å². The first-order valence-corrected chi connectivity index (χ1v) is 12.9. The summed E-state index contributed by atoms with van der Waals surface area (Å²) in [7, 11) is 0. The first-order chi connectivity index (χ1) is 17.3. The van der Waals surface area contributed by atoms with Crippen LogP contribution in [-0.2, 0) is 11.2 Å². The van der Waals surface area contributed by atoms with Gasteiger partial charge >= 0.3 is 0 Å². The fourth-order valence-electron chi connectivity index (χ4n) is 5.01. The summed E-state index contributed by atoms with van der Waals surface area (Å²) in [6.07, 6.45) is 6.32. The third-order valence-corrected chi connectivity index (χ3v) is 7.71. The van der Waals surface area contributed by atoms with Crippen LogP contribution in [0.5, 0.6) is 5.88 Å².